The van der Waals surface area contributed by atoms with Crippen molar-refractivity contribution in [1.82, 2.24) is 10.6 Å². The van der Waals surface area contributed by atoms with Crippen LogP contribution in [0.15, 0.2) is 17.5 Å². The van der Waals surface area contributed by atoms with Crippen LogP contribution in [0.5, 0.6) is 0 Å². The van der Waals surface area contributed by atoms with Crippen molar-refractivity contribution in [3.8, 4) is 0 Å². The van der Waals surface area contributed by atoms with E-state index in [9.17, 15) is 9.59 Å². The van der Waals surface area contributed by atoms with Crippen molar-refractivity contribution in [2.24, 2.45) is 11.5 Å². The van der Waals surface area contributed by atoms with Gasteiger partial charge in [0.05, 0.1) is 12.5 Å². The van der Waals surface area contributed by atoms with Gasteiger partial charge in [-0.1, -0.05) is 6.07 Å². The monoisotopic (exact) mass is 320 g/mol. The molecule has 2 unspecified atom stereocenters. The first-order chi connectivity index (χ1) is 8.99. The van der Waals surface area contributed by atoms with Crippen LogP contribution in [0.4, 0.5) is 4.79 Å². The average molecular weight is 321 g/mol. The zero-order chi connectivity index (χ0) is 14.3. The van der Waals surface area contributed by atoms with Crippen LogP contribution < -0.4 is 22.1 Å². The summed E-state index contributed by atoms with van der Waals surface area (Å²) < 4.78 is 0. The molecule has 1 heterocycles. The van der Waals surface area contributed by atoms with E-state index < -0.39 is 6.03 Å². The number of nitrogens with one attached hydrogen (secondary N) is 2. The Kier molecular flexibility index (Phi) is 8.94. The van der Waals surface area contributed by atoms with Crippen LogP contribution in [0.2, 0.25) is 0 Å². The van der Waals surface area contributed by atoms with E-state index in [0.717, 1.165) is 11.3 Å². The summed E-state index contributed by atoms with van der Waals surface area (Å²) in [4.78, 5) is 23.6. The van der Waals surface area contributed by atoms with Gasteiger partial charge in [0, 0.05) is 17.5 Å². The van der Waals surface area contributed by atoms with Gasteiger partial charge in [0.25, 0.3) is 0 Å². The van der Waals surface area contributed by atoms with Gasteiger partial charge in [0.15, 0.2) is 0 Å². The summed E-state index contributed by atoms with van der Waals surface area (Å²) in [7, 11) is 0. The van der Waals surface area contributed by atoms with Crippen molar-refractivity contribution >= 4 is 35.7 Å². The third-order valence-corrected chi connectivity index (χ3v) is 3.50. The van der Waals surface area contributed by atoms with Gasteiger partial charge in [-0.15, -0.1) is 23.7 Å². The predicted octanol–water partition coefficient (Wildman–Crippen LogP) is 1.12. The molecule has 0 bridgehead atoms. The fourth-order valence-corrected chi connectivity index (χ4v) is 2.36. The zero-order valence-corrected chi connectivity index (χ0v) is 12.9. The molecule has 0 spiro atoms. The van der Waals surface area contributed by atoms with Crippen molar-refractivity contribution in [3.63, 3.8) is 0 Å². The van der Waals surface area contributed by atoms with Gasteiger partial charge in [0.1, 0.15) is 0 Å². The van der Waals surface area contributed by atoms with Gasteiger partial charge in [-0.05, 0) is 24.8 Å². The van der Waals surface area contributed by atoms with Crippen LogP contribution in [0.1, 0.15) is 30.7 Å². The van der Waals surface area contributed by atoms with E-state index in [-0.39, 0.29) is 36.8 Å². The molecule has 3 amide bonds. The van der Waals surface area contributed by atoms with E-state index in [1.54, 1.807) is 0 Å². The molecule has 0 aliphatic rings. The lowest BCUT2D eigenvalue weighted by Crippen LogP contribution is -2.37. The molecule has 0 fully saturated rings. The van der Waals surface area contributed by atoms with E-state index in [1.807, 2.05) is 24.4 Å². The van der Waals surface area contributed by atoms with Crippen LogP contribution in [-0.4, -0.2) is 24.5 Å². The molecule has 20 heavy (non-hydrogen) atoms. The van der Waals surface area contributed by atoms with Gasteiger partial charge >= 0.3 is 6.03 Å². The Labute approximate surface area is 128 Å². The Morgan fingerprint density at radius 2 is 2.15 bits per heavy atom. The predicted molar refractivity (Wildman–Crippen MR) is 82.9 cm³/mol. The van der Waals surface area contributed by atoms with Crippen molar-refractivity contribution < 1.29 is 9.59 Å². The Balaban J connectivity index is 0.00000361. The highest BCUT2D eigenvalue weighted by Gasteiger charge is 2.18. The smallest absolute Gasteiger partial charge is 0.312 e. The number of hydrogen-bond donors (Lipinski definition) is 4. The molecular formula is C12H21ClN4O2S. The summed E-state index contributed by atoms with van der Waals surface area (Å²) in [5, 5.41) is 7.24. The Morgan fingerprint density at radius 3 is 2.65 bits per heavy atom. The number of hydrogen-bond acceptors (Lipinski definition) is 4. The van der Waals surface area contributed by atoms with E-state index in [2.05, 4.69) is 10.6 Å². The molecule has 1 aromatic heterocycles. The average Bonchev–Trinajstić information content (AvgIpc) is 2.80. The number of primary amides is 1. The minimum Gasteiger partial charge on any atom is -0.356 e. The number of rotatable bonds is 7. The number of amides is 3. The third-order valence-electron chi connectivity index (χ3n) is 2.51. The summed E-state index contributed by atoms with van der Waals surface area (Å²) in [6.07, 6.45) is 0.890. The van der Waals surface area contributed by atoms with Crippen molar-refractivity contribution in [1.29, 1.82) is 0 Å². The molecule has 0 saturated carbocycles. The highest BCUT2D eigenvalue weighted by molar-refractivity contribution is 7.10. The van der Waals surface area contributed by atoms with Crippen molar-refractivity contribution in [3.05, 3.63) is 22.4 Å². The normalized spacial score (nSPS) is 12.9. The number of thiophene rings is 1. The van der Waals surface area contributed by atoms with E-state index in [1.165, 1.54) is 11.3 Å². The zero-order valence-electron chi connectivity index (χ0n) is 11.3. The number of carbonyl (C=O) groups excluding carboxylic acids is 2. The SMILES string of the molecule is CC(N)CCNC(=O)CC(NC(N)=O)c1cccs1.Cl. The largest absolute Gasteiger partial charge is 0.356 e. The topological polar surface area (TPSA) is 110 Å². The number of urea groups is 1. The molecule has 1 rings (SSSR count). The van der Waals surface area contributed by atoms with Crippen LogP contribution in [0.25, 0.3) is 0 Å². The molecule has 6 N–H and O–H groups in total. The highest BCUT2D eigenvalue weighted by atomic mass is 35.5. The van der Waals surface area contributed by atoms with Crippen LogP contribution >= 0.6 is 23.7 Å². The summed E-state index contributed by atoms with van der Waals surface area (Å²) in [6.45, 7) is 2.42. The molecular weight excluding hydrogens is 300 g/mol. The lowest BCUT2D eigenvalue weighted by molar-refractivity contribution is -0.121. The Bertz CT molecular complexity index is 412. The number of halogens is 1. The van der Waals surface area contributed by atoms with Crippen LogP contribution in [0.3, 0.4) is 0 Å². The van der Waals surface area contributed by atoms with Gasteiger partial charge < -0.3 is 22.1 Å². The van der Waals surface area contributed by atoms with Gasteiger partial charge in [-0.25, -0.2) is 4.79 Å². The molecule has 0 aliphatic carbocycles. The van der Waals surface area contributed by atoms with Gasteiger partial charge in [0.2, 0.25) is 5.91 Å². The van der Waals surface area contributed by atoms with E-state index in [4.69, 9.17) is 11.5 Å². The molecule has 0 aliphatic heterocycles. The fourth-order valence-electron chi connectivity index (χ4n) is 1.58. The molecule has 8 heteroatoms. The van der Waals surface area contributed by atoms with E-state index >= 15 is 0 Å². The second-order valence-electron chi connectivity index (χ2n) is 4.40. The minimum absolute atomic E-state index is 0. The van der Waals surface area contributed by atoms with Crippen molar-refractivity contribution in [2.75, 3.05) is 6.54 Å². The molecule has 0 aromatic carbocycles. The molecule has 1 aromatic rings. The number of carbonyl (C=O) groups is 2. The highest BCUT2D eigenvalue weighted by Crippen LogP contribution is 2.21. The fraction of sp³-hybridized carbons (Fsp3) is 0.500. The quantitative estimate of drug-likeness (QED) is 0.604. The van der Waals surface area contributed by atoms with Gasteiger partial charge in [-0.2, -0.15) is 0 Å². The van der Waals surface area contributed by atoms with Gasteiger partial charge in [-0.3, -0.25) is 4.79 Å². The van der Waals surface area contributed by atoms with E-state index in [0.29, 0.717) is 6.54 Å². The maximum Gasteiger partial charge on any atom is 0.312 e. The first kappa shape index (κ1) is 18.7. The standard InChI is InChI=1S/C12H20N4O2S.ClH/c1-8(13)4-5-15-11(17)7-9(16-12(14)18)10-3-2-6-19-10;/h2-3,6,8-9H,4-5,7,13H2,1H3,(H,15,17)(H3,14,16,18);1H. The summed E-state index contributed by atoms with van der Waals surface area (Å²) in [5.74, 6) is -0.132. The lowest BCUT2D eigenvalue weighted by Gasteiger charge is -2.16. The maximum atomic E-state index is 11.8. The van der Waals surface area contributed by atoms with Crippen molar-refractivity contribution in [2.45, 2.75) is 31.8 Å². The summed E-state index contributed by atoms with van der Waals surface area (Å²) in [6, 6.07) is 2.76. The Hall–Kier alpha value is -1.31. The molecule has 6 nitrogen and oxygen atoms in total. The molecule has 0 radical (unpaired) electrons. The second kappa shape index (κ2) is 9.57. The lowest BCUT2D eigenvalue weighted by atomic mass is 10.1. The first-order valence-electron chi connectivity index (χ1n) is 6.10. The molecule has 0 saturated heterocycles. The summed E-state index contributed by atoms with van der Waals surface area (Å²) >= 11 is 1.47. The van der Waals surface area contributed by atoms with Crippen LogP contribution in [-0.2, 0) is 4.79 Å². The van der Waals surface area contributed by atoms with Crippen LogP contribution in [0, 0.1) is 0 Å². The third kappa shape index (κ3) is 7.32. The molecule has 2 atom stereocenters. The number of nitrogens with two attached hydrogens (primary N) is 2. The maximum absolute atomic E-state index is 11.8. The first-order valence-corrected chi connectivity index (χ1v) is 6.98. The minimum atomic E-state index is -0.637. The molecule has 114 valence electrons. The summed E-state index contributed by atoms with van der Waals surface area (Å²) in [5.41, 5.74) is 10.7. The Morgan fingerprint density at radius 1 is 1.45 bits per heavy atom. The second-order valence-corrected chi connectivity index (χ2v) is 5.38.